The minimum atomic E-state index is -0.251. The van der Waals surface area contributed by atoms with E-state index in [1.807, 2.05) is 54.4 Å². The molecule has 0 radical (unpaired) electrons. The van der Waals surface area contributed by atoms with Crippen LogP contribution in [0.15, 0.2) is 73.1 Å². The van der Waals surface area contributed by atoms with Crippen molar-refractivity contribution in [3.8, 4) is 0 Å². The highest BCUT2D eigenvalue weighted by atomic mass is 35.5. The van der Waals surface area contributed by atoms with E-state index in [1.165, 1.54) is 6.20 Å². The first-order valence-corrected chi connectivity index (χ1v) is 7.82. The number of amides is 1. The number of nitrogens with zero attached hydrogens (tertiary/aromatic N) is 2. The molecule has 1 heterocycles. The van der Waals surface area contributed by atoms with Crippen LogP contribution in [0.1, 0.15) is 10.4 Å². The maximum absolute atomic E-state index is 12.4. The molecule has 0 fully saturated rings. The van der Waals surface area contributed by atoms with Gasteiger partial charge in [0.2, 0.25) is 0 Å². The number of rotatable bonds is 4. The van der Waals surface area contributed by atoms with Gasteiger partial charge in [0.05, 0.1) is 28.2 Å². The first-order valence-electron chi connectivity index (χ1n) is 7.45. The van der Waals surface area contributed by atoms with E-state index in [2.05, 4.69) is 10.3 Å². The quantitative estimate of drug-likeness (QED) is 0.746. The highest BCUT2D eigenvalue weighted by Crippen LogP contribution is 2.24. The molecule has 3 aromatic rings. The third-order valence-electron chi connectivity index (χ3n) is 3.64. The van der Waals surface area contributed by atoms with Crippen LogP contribution in [0.5, 0.6) is 0 Å². The Balaban J connectivity index is 1.83. The van der Waals surface area contributed by atoms with Gasteiger partial charge in [0, 0.05) is 18.9 Å². The number of halogens is 1. The number of carbonyl (C=O) groups excluding carboxylic acids is 1. The van der Waals surface area contributed by atoms with Crippen molar-refractivity contribution >= 4 is 34.6 Å². The van der Waals surface area contributed by atoms with Crippen molar-refractivity contribution in [1.82, 2.24) is 4.98 Å². The third kappa shape index (κ3) is 3.55. The van der Waals surface area contributed by atoms with Gasteiger partial charge in [0.1, 0.15) is 0 Å². The topological polar surface area (TPSA) is 45.2 Å². The highest BCUT2D eigenvalue weighted by molar-refractivity contribution is 6.33. The lowest BCUT2D eigenvalue weighted by Crippen LogP contribution is -2.15. The zero-order valence-electron chi connectivity index (χ0n) is 13.1. The normalized spacial score (nSPS) is 10.2. The summed E-state index contributed by atoms with van der Waals surface area (Å²) in [4.78, 5) is 18.6. The number of carbonyl (C=O) groups is 1. The van der Waals surface area contributed by atoms with Gasteiger partial charge in [0.25, 0.3) is 5.91 Å². The highest BCUT2D eigenvalue weighted by Gasteiger charge is 2.11. The molecule has 5 heteroatoms. The second kappa shape index (κ2) is 7.15. The molecule has 2 aromatic carbocycles. The average Bonchev–Trinajstić information content (AvgIpc) is 2.64. The third-order valence-corrected chi connectivity index (χ3v) is 3.97. The van der Waals surface area contributed by atoms with Crippen molar-refractivity contribution in [3.05, 3.63) is 83.6 Å². The minimum absolute atomic E-state index is 0.251. The number of nitrogens with one attached hydrogen (secondary N) is 1. The Morgan fingerprint density at radius 3 is 2.46 bits per heavy atom. The lowest BCUT2D eigenvalue weighted by Gasteiger charge is -2.19. The number of anilines is 3. The van der Waals surface area contributed by atoms with Crippen molar-refractivity contribution in [2.24, 2.45) is 0 Å². The molecular formula is C19H16ClN3O. The summed E-state index contributed by atoms with van der Waals surface area (Å²) >= 11 is 6.08. The Hall–Kier alpha value is -2.85. The van der Waals surface area contributed by atoms with Gasteiger partial charge in [-0.25, -0.2) is 0 Å². The number of benzene rings is 2. The van der Waals surface area contributed by atoms with Gasteiger partial charge in [-0.15, -0.1) is 0 Å². The molecule has 0 unspecified atom stereocenters. The van der Waals surface area contributed by atoms with E-state index in [-0.39, 0.29) is 5.91 Å². The standard InChI is InChI=1S/C19H16ClN3O/c1-23(15-7-3-2-4-8-15)16-11-14(12-21-13-16)19(24)22-18-10-6-5-9-17(18)20/h2-13H,1H3,(H,22,24). The molecule has 24 heavy (non-hydrogen) atoms. The van der Waals surface area contributed by atoms with Gasteiger partial charge in [-0.3, -0.25) is 9.78 Å². The van der Waals surface area contributed by atoms with Crippen LogP contribution < -0.4 is 10.2 Å². The molecule has 1 aromatic heterocycles. The molecule has 0 saturated heterocycles. The lowest BCUT2D eigenvalue weighted by atomic mass is 10.2. The van der Waals surface area contributed by atoms with Gasteiger partial charge in [-0.05, 0) is 30.3 Å². The summed E-state index contributed by atoms with van der Waals surface area (Å²) in [6, 6.07) is 18.8. The molecule has 4 nitrogen and oxygen atoms in total. The summed E-state index contributed by atoms with van der Waals surface area (Å²) in [7, 11) is 1.93. The number of pyridine rings is 1. The molecule has 0 atom stereocenters. The average molecular weight is 338 g/mol. The molecule has 0 aliphatic heterocycles. The van der Waals surface area contributed by atoms with Gasteiger partial charge < -0.3 is 10.2 Å². The SMILES string of the molecule is CN(c1ccccc1)c1cncc(C(=O)Nc2ccccc2Cl)c1. The maximum atomic E-state index is 12.4. The van der Waals surface area contributed by atoms with Crippen molar-refractivity contribution in [2.45, 2.75) is 0 Å². The fourth-order valence-electron chi connectivity index (χ4n) is 2.29. The fraction of sp³-hybridized carbons (Fsp3) is 0.0526. The summed E-state index contributed by atoms with van der Waals surface area (Å²) in [5.41, 5.74) is 2.89. The Kier molecular flexibility index (Phi) is 4.77. The summed E-state index contributed by atoms with van der Waals surface area (Å²) in [5.74, 6) is -0.251. The monoisotopic (exact) mass is 337 g/mol. The van der Waals surface area contributed by atoms with E-state index < -0.39 is 0 Å². The minimum Gasteiger partial charge on any atom is -0.343 e. The van der Waals surface area contributed by atoms with E-state index >= 15 is 0 Å². The van der Waals surface area contributed by atoms with E-state index in [0.717, 1.165) is 11.4 Å². The first kappa shape index (κ1) is 16.0. The van der Waals surface area contributed by atoms with Crippen molar-refractivity contribution < 1.29 is 4.79 Å². The van der Waals surface area contributed by atoms with Crippen molar-refractivity contribution in [2.75, 3.05) is 17.3 Å². The summed E-state index contributed by atoms with van der Waals surface area (Å²) in [6.07, 6.45) is 3.26. The first-order chi connectivity index (χ1) is 11.6. The van der Waals surface area contributed by atoms with Gasteiger partial charge in [-0.2, -0.15) is 0 Å². The van der Waals surface area contributed by atoms with Crippen LogP contribution in [-0.2, 0) is 0 Å². The van der Waals surface area contributed by atoms with E-state index in [0.29, 0.717) is 16.3 Å². The van der Waals surface area contributed by atoms with Crippen LogP contribution in [0.2, 0.25) is 5.02 Å². The number of hydrogen-bond donors (Lipinski definition) is 1. The van der Waals surface area contributed by atoms with E-state index in [1.54, 1.807) is 24.4 Å². The van der Waals surface area contributed by atoms with Crippen LogP contribution >= 0.6 is 11.6 Å². The Bertz CT molecular complexity index is 852. The van der Waals surface area contributed by atoms with Gasteiger partial charge >= 0.3 is 0 Å². The van der Waals surface area contributed by atoms with Crippen LogP contribution in [0.4, 0.5) is 17.1 Å². The maximum Gasteiger partial charge on any atom is 0.257 e. The molecule has 0 spiro atoms. The Labute approximate surface area is 145 Å². The van der Waals surface area contributed by atoms with Crippen molar-refractivity contribution in [3.63, 3.8) is 0 Å². The summed E-state index contributed by atoms with van der Waals surface area (Å²) in [5, 5.41) is 3.30. The predicted octanol–water partition coefficient (Wildman–Crippen LogP) is 4.76. The molecule has 1 N–H and O–H groups in total. The van der Waals surface area contributed by atoms with Crippen LogP contribution in [-0.4, -0.2) is 17.9 Å². The molecule has 0 aliphatic carbocycles. The van der Waals surface area contributed by atoms with Gasteiger partial charge in [-0.1, -0.05) is 41.9 Å². The Morgan fingerprint density at radius 1 is 1.00 bits per heavy atom. The van der Waals surface area contributed by atoms with Crippen LogP contribution in [0.3, 0.4) is 0 Å². The second-order valence-corrected chi connectivity index (χ2v) is 5.67. The number of aromatic nitrogens is 1. The number of para-hydroxylation sites is 2. The molecule has 0 aliphatic rings. The van der Waals surface area contributed by atoms with E-state index in [9.17, 15) is 4.79 Å². The molecule has 0 saturated carbocycles. The molecule has 3 rings (SSSR count). The smallest absolute Gasteiger partial charge is 0.257 e. The zero-order valence-corrected chi connectivity index (χ0v) is 13.9. The van der Waals surface area contributed by atoms with Gasteiger partial charge in [0.15, 0.2) is 0 Å². The molecule has 1 amide bonds. The molecular weight excluding hydrogens is 322 g/mol. The van der Waals surface area contributed by atoms with Crippen LogP contribution in [0, 0.1) is 0 Å². The second-order valence-electron chi connectivity index (χ2n) is 5.26. The fourth-order valence-corrected chi connectivity index (χ4v) is 2.48. The lowest BCUT2D eigenvalue weighted by molar-refractivity contribution is 0.102. The Morgan fingerprint density at radius 2 is 1.71 bits per heavy atom. The van der Waals surface area contributed by atoms with Crippen molar-refractivity contribution in [1.29, 1.82) is 0 Å². The zero-order chi connectivity index (χ0) is 16.9. The largest absolute Gasteiger partial charge is 0.343 e. The summed E-state index contributed by atoms with van der Waals surface area (Å²) < 4.78 is 0. The molecule has 0 bridgehead atoms. The summed E-state index contributed by atoms with van der Waals surface area (Å²) in [6.45, 7) is 0. The van der Waals surface area contributed by atoms with Crippen LogP contribution in [0.25, 0.3) is 0 Å². The predicted molar refractivity (Wildman–Crippen MR) is 98.1 cm³/mol. The van der Waals surface area contributed by atoms with E-state index in [4.69, 9.17) is 11.6 Å². The molecule has 120 valence electrons. The number of hydrogen-bond acceptors (Lipinski definition) is 3.